The van der Waals surface area contributed by atoms with E-state index in [0.717, 1.165) is 42.0 Å². The first kappa shape index (κ1) is 23.6. The fraction of sp³-hybridized carbons (Fsp3) is 0.357. The molecule has 176 valence electrons. The van der Waals surface area contributed by atoms with Crippen LogP contribution in [0.15, 0.2) is 54.7 Å². The number of piperidine rings is 1. The van der Waals surface area contributed by atoms with Crippen molar-refractivity contribution in [3.05, 3.63) is 77.4 Å². The van der Waals surface area contributed by atoms with Crippen LogP contribution in [0, 0.1) is 13.8 Å². The van der Waals surface area contributed by atoms with Gasteiger partial charge in [0.05, 0.1) is 12.8 Å². The van der Waals surface area contributed by atoms with Crippen LogP contribution >= 0.6 is 0 Å². The number of carbonyl (C=O) groups is 2. The number of ether oxygens (including phenoxy) is 1. The highest BCUT2D eigenvalue weighted by Gasteiger charge is 2.28. The summed E-state index contributed by atoms with van der Waals surface area (Å²) < 4.78 is 5.14. The van der Waals surface area contributed by atoms with E-state index in [9.17, 15) is 9.59 Å². The lowest BCUT2D eigenvalue weighted by Gasteiger charge is -2.33. The lowest BCUT2D eigenvalue weighted by molar-refractivity contribution is -0.132. The predicted octanol–water partition coefficient (Wildman–Crippen LogP) is 5.14. The maximum atomic E-state index is 13.0. The van der Waals surface area contributed by atoms with Gasteiger partial charge in [-0.3, -0.25) is 9.59 Å². The van der Waals surface area contributed by atoms with E-state index in [0.29, 0.717) is 17.9 Å². The van der Waals surface area contributed by atoms with Gasteiger partial charge in [-0.05, 0) is 56.5 Å². The minimum atomic E-state index is -0.0299. The van der Waals surface area contributed by atoms with Crippen LogP contribution in [0.1, 0.15) is 59.0 Å². The Hall–Kier alpha value is -3.54. The average molecular weight is 458 g/mol. The van der Waals surface area contributed by atoms with Crippen molar-refractivity contribution in [2.24, 2.45) is 0 Å². The van der Waals surface area contributed by atoms with Crippen LogP contribution in [-0.4, -0.2) is 46.8 Å². The predicted molar refractivity (Wildman–Crippen MR) is 132 cm³/mol. The third-order valence-corrected chi connectivity index (χ3v) is 6.41. The lowest BCUT2D eigenvalue weighted by atomic mass is 9.89. The number of hydrogen-bond acceptors (Lipinski definition) is 5. The van der Waals surface area contributed by atoms with Crippen LogP contribution in [0.5, 0.6) is 5.75 Å². The van der Waals surface area contributed by atoms with Crippen LogP contribution in [0.2, 0.25) is 0 Å². The second-order valence-electron chi connectivity index (χ2n) is 8.92. The molecule has 1 amide bonds. The highest BCUT2D eigenvalue weighted by molar-refractivity contribution is 5.98. The van der Waals surface area contributed by atoms with Crippen molar-refractivity contribution in [1.29, 1.82) is 0 Å². The minimum Gasteiger partial charge on any atom is -0.497 e. The third-order valence-electron chi connectivity index (χ3n) is 6.41. The zero-order valence-corrected chi connectivity index (χ0v) is 20.1. The molecule has 1 unspecified atom stereocenters. The van der Waals surface area contributed by atoms with Gasteiger partial charge in [0.2, 0.25) is 5.91 Å². The van der Waals surface area contributed by atoms with Crippen LogP contribution in [0.4, 0.5) is 0 Å². The Balaban J connectivity index is 1.44. The van der Waals surface area contributed by atoms with Gasteiger partial charge in [-0.2, -0.15) is 0 Å². The molecule has 1 atom stereocenters. The molecule has 1 fully saturated rings. The number of carbonyl (C=O) groups excluding carboxylic acids is 2. The fourth-order valence-electron chi connectivity index (χ4n) is 4.56. The number of methoxy groups -OCH3 is 1. The van der Waals surface area contributed by atoms with Crippen LogP contribution in [-0.2, 0) is 4.79 Å². The number of aromatic nitrogens is 2. The maximum absolute atomic E-state index is 13.0. The molecule has 1 aliphatic rings. The first-order valence-corrected chi connectivity index (χ1v) is 11.8. The van der Waals surface area contributed by atoms with Gasteiger partial charge in [-0.25, -0.2) is 9.97 Å². The van der Waals surface area contributed by atoms with Crippen molar-refractivity contribution in [2.75, 3.05) is 20.2 Å². The molecule has 6 nitrogen and oxygen atoms in total. The van der Waals surface area contributed by atoms with Gasteiger partial charge >= 0.3 is 0 Å². The molecule has 0 aliphatic carbocycles. The molecule has 2 aromatic carbocycles. The summed E-state index contributed by atoms with van der Waals surface area (Å²) in [7, 11) is 1.59. The Morgan fingerprint density at radius 2 is 1.88 bits per heavy atom. The Morgan fingerprint density at radius 3 is 2.62 bits per heavy atom. The van der Waals surface area contributed by atoms with E-state index in [-0.39, 0.29) is 30.4 Å². The number of amides is 1. The molecular formula is C28H31N3O3. The molecule has 6 heteroatoms. The smallest absolute Gasteiger partial charge is 0.223 e. The van der Waals surface area contributed by atoms with E-state index in [1.54, 1.807) is 31.4 Å². The van der Waals surface area contributed by atoms with E-state index in [2.05, 4.69) is 30.1 Å². The van der Waals surface area contributed by atoms with Gasteiger partial charge in [0.25, 0.3) is 0 Å². The first-order valence-electron chi connectivity index (χ1n) is 11.8. The van der Waals surface area contributed by atoms with Gasteiger partial charge < -0.3 is 9.64 Å². The highest BCUT2D eigenvalue weighted by Crippen LogP contribution is 2.33. The zero-order chi connectivity index (χ0) is 24.1. The summed E-state index contributed by atoms with van der Waals surface area (Å²) in [5, 5.41) is 0. The molecule has 0 bridgehead atoms. The molecule has 0 radical (unpaired) electrons. The Labute approximate surface area is 201 Å². The summed E-state index contributed by atoms with van der Waals surface area (Å²) >= 11 is 0. The second-order valence-corrected chi connectivity index (χ2v) is 8.92. The van der Waals surface area contributed by atoms with Gasteiger partial charge in [0, 0.05) is 49.2 Å². The molecule has 1 aliphatic heterocycles. The third kappa shape index (κ3) is 5.50. The number of hydrogen-bond donors (Lipinski definition) is 0. The van der Waals surface area contributed by atoms with E-state index in [1.165, 1.54) is 5.56 Å². The maximum Gasteiger partial charge on any atom is 0.223 e. The largest absolute Gasteiger partial charge is 0.497 e. The second kappa shape index (κ2) is 10.6. The summed E-state index contributed by atoms with van der Waals surface area (Å²) in [4.78, 5) is 36.7. The molecule has 0 saturated carbocycles. The standard InChI is InChI=1S/C28H31N3O3/c1-19-6-4-7-22(16-19)25-17-29-20(2)30-28(25)23-8-5-15-31(18-23)27(33)14-13-26(32)21-9-11-24(34-3)12-10-21/h4,6-7,9-12,16-17,23H,5,8,13-15,18H2,1-3H3. The summed E-state index contributed by atoms with van der Waals surface area (Å²) in [6.45, 7) is 5.31. The fourth-order valence-corrected chi connectivity index (χ4v) is 4.56. The van der Waals surface area contributed by atoms with Crippen molar-refractivity contribution in [3.63, 3.8) is 0 Å². The monoisotopic (exact) mass is 457 g/mol. The van der Waals surface area contributed by atoms with Gasteiger partial charge in [-0.1, -0.05) is 29.8 Å². The Morgan fingerprint density at radius 1 is 1.09 bits per heavy atom. The van der Waals surface area contributed by atoms with E-state index in [4.69, 9.17) is 9.72 Å². The Bertz CT molecular complexity index is 1170. The van der Waals surface area contributed by atoms with Crippen LogP contribution in [0.25, 0.3) is 11.1 Å². The number of likely N-dealkylation sites (tertiary alicyclic amines) is 1. The molecule has 0 spiro atoms. The SMILES string of the molecule is COc1ccc(C(=O)CCC(=O)N2CCCC(c3nc(C)ncc3-c3cccc(C)c3)C2)cc1. The number of ketones is 1. The molecule has 1 saturated heterocycles. The summed E-state index contributed by atoms with van der Waals surface area (Å²) in [5.41, 5.74) is 4.92. The summed E-state index contributed by atoms with van der Waals surface area (Å²) in [6.07, 6.45) is 4.21. The average Bonchev–Trinajstić information content (AvgIpc) is 2.87. The minimum absolute atomic E-state index is 0.0226. The number of benzene rings is 2. The number of nitrogens with zero attached hydrogens (tertiary/aromatic N) is 3. The molecule has 0 N–H and O–H groups in total. The van der Waals surface area contributed by atoms with E-state index < -0.39 is 0 Å². The molecule has 4 rings (SSSR count). The quantitative estimate of drug-likeness (QED) is 0.460. The summed E-state index contributed by atoms with van der Waals surface area (Å²) in [5.74, 6) is 1.58. The Kier molecular flexibility index (Phi) is 7.36. The normalized spacial score (nSPS) is 15.7. The van der Waals surface area contributed by atoms with E-state index in [1.807, 2.05) is 24.1 Å². The molecule has 3 aromatic rings. The summed E-state index contributed by atoms with van der Waals surface area (Å²) in [6, 6.07) is 15.4. The number of Topliss-reactive ketones (excluding diaryl/α,β-unsaturated/α-hetero) is 1. The van der Waals surface area contributed by atoms with Crippen molar-refractivity contribution in [2.45, 2.75) is 45.4 Å². The first-order chi connectivity index (χ1) is 16.4. The molecule has 1 aromatic heterocycles. The molecular weight excluding hydrogens is 426 g/mol. The lowest BCUT2D eigenvalue weighted by Crippen LogP contribution is -2.39. The molecule has 34 heavy (non-hydrogen) atoms. The number of rotatable bonds is 7. The zero-order valence-electron chi connectivity index (χ0n) is 20.1. The van der Waals surface area contributed by atoms with Gasteiger partial charge in [0.1, 0.15) is 11.6 Å². The van der Waals surface area contributed by atoms with Crippen LogP contribution in [0.3, 0.4) is 0 Å². The van der Waals surface area contributed by atoms with Crippen molar-refractivity contribution in [1.82, 2.24) is 14.9 Å². The van der Waals surface area contributed by atoms with Crippen molar-refractivity contribution >= 4 is 11.7 Å². The number of aryl methyl sites for hydroxylation is 2. The van der Waals surface area contributed by atoms with E-state index >= 15 is 0 Å². The molecule has 2 heterocycles. The van der Waals surface area contributed by atoms with Gasteiger partial charge in [0.15, 0.2) is 5.78 Å². The van der Waals surface area contributed by atoms with Crippen molar-refractivity contribution in [3.8, 4) is 16.9 Å². The topological polar surface area (TPSA) is 72.4 Å². The van der Waals surface area contributed by atoms with Crippen molar-refractivity contribution < 1.29 is 14.3 Å². The highest BCUT2D eigenvalue weighted by atomic mass is 16.5. The van der Waals surface area contributed by atoms with Gasteiger partial charge in [-0.15, -0.1) is 0 Å². The van der Waals surface area contributed by atoms with Crippen LogP contribution < -0.4 is 4.74 Å².